The molecule has 2 aliphatic heterocycles. The van der Waals surface area contributed by atoms with Crippen molar-refractivity contribution in [2.75, 3.05) is 123 Å². The summed E-state index contributed by atoms with van der Waals surface area (Å²) < 4.78 is 27.7. The predicted octanol–water partition coefficient (Wildman–Crippen LogP) is 1.95. The molecule has 0 radical (unpaired) electrons. The molecule has 326 valence electrons. The summed E-state index contributed by atoms with van der Waals surface area (Å²) in [7, 11) is 1.96. The van der Waals surface area contributed by atoms with E-state index in [0.29, 0.717) is 63.3 Å². The van der Waals surface area contributed by atoms with Gasteiger partial charge in [-0.3, -0.25) is 49.0 Å². The number of hydrogen-bond acceptors (Lipinski definition) is 13. The Hall–Kier alpha value is -4.58. The molecule has 0 aliphatic carbocycles. The molecule has 2 aliphatic rings. The Balaban J connectivity index is 1.26. The molecule has 17 nitrogen and oxygen atoms in total. The molecule has 1 atom stereocenters. The summed E-state index contributed by atoms with van der Waals surface area (Å²) in [4.78, 5) is 72.6. The van der Waals surface area contributed by atoms with Crippen LogP contribution < -0.4 is 10.2 Å². The molecule has 19 heteroatoms. The monoisotopic (exact) mass is 830 g/mol. The van der Waals surface area contributed by atoms with E-state index < -0.39 is 49.3 Å². The molecule has 0 spiro atoms. The number of carbonyl (C=O) groups excluding carboxylic acids is 3. The Morgan fingerprint density at radius 3 is 2.25 bits per heavy atom. The van der Waals surface area contributed by atoms with E-state index in [4.69, 9.17) is 5.26 Å². The maximum absolute atomic E-state index is 13.8. The van der Waals surface area contributed by atoms with E-state index >= 15 is 0 Å². The zero-order valence-electron chi connectivity index (χ0n) is 34.5. The number of likely N-dealkylation sites (tertiary alicyclic amines) is 1. The summed E-state index contributed by atoms with van der Waals surface area (Å²) in [6, 6.07) is 7.61. The van der Waals surface area contributed by atoms with Crippen LogP contribution in [0.3, 0.4) is 0 Å². The number of nitriles is 1. The predicted molar refractivity (Wildman–Crippen MR) is 217 cm³/mol. The SMILES string of the molecule is CCCN(CCN(CCN(CCC)CC(=O)O)CC(=O)N1CCN(CCCN(C)c2ccc3nccc(C(=O)NCC(=O)N4CC(F)(F)CC4C#N)c3c2)CC1)COO. The summed E-state index contributed by atoms with van der Waals surface area (Å²) >= 11 is 0. The number of halogens is 2. The number of carboxylic acid groups (broad SMARTS) is 1. The number of nitrogens with one attached hydrogen (secondary N) is 1. The van der Waals surface area contributed by atoms with Crippen molar-refractivity contribution < 1.29 is 43.2 Å². The topological polar surface area (TPSA) is 189 Å². The maximum atomic E-state index is 13.8. The zero-order valence-corrected chi connectivity index (χ0v) is 34.5. The largest absolute Gasteiger partial charge is 0.480 e. The average molecular weight is 831 g/mol. The average Bonchev–Trinajstić information content (AvgIpc) is 3.54. The van der Waals surface area contributed by atoms with E-state index in [1.54, 1.807) is 6.07 Å². The number of piperazine rings is 1. The summed E-state index contributed by atoms with van der Waals surface area (Å²) in [6.07, 6.45) is 3.30. The molecule has 59 heavy (non-hydrogen) atoms. The van der Waals surface area contributed by atoms with Crippen LogP contribution in [0.15, 0.2) is 30.5 Å². The van der Waals surface area contributed by atoms with Crippen molar-refractivity contribution in [2.45, 2.75) is 51.5 Å². The van der Waals surface area contributed by atoms with Crippen LogP contribution in [0.4, 0.5) is 14.5 Å². The normalized spacial score (nSPS) is 16.9. The number of amides is 3. The molecule has 0 bridgehead atoms. The van der Waals surface area contributed by atoms with Gasteiger partial charge in [0.2, 0.25) is 11.8 Å². The molecule has 1 aromatic heterocycles. The Morgan fingerprint density at radius 2 is 1.61 bits per heavy atom. The van der Waals surface area contributed by atoms with Crippen LogP contribution in [-0.4, -0.2) is 199 Å². The second kappa shape index (κ2) is 23.3. The summed E-state index contributed by atoms with van der Waals surface area (Å²) in [5.41, 5.74) is 1.71. The van der Waals surface area contributed by atoms with Crippen molar-refractivity contribution in [3.05, 3.63) is 36.0 Å². The number of anilines is 1. The highest BCUT2D eigenvalue weighted by atomic mass is 19.3. The number of fused-ring (bicyclic) bond motifs is 1. The molecule has 1 aromatic carbocycles. The van der Waals surface area contributed by atoms with Gasteiger partial charge in [0.25, 0.3) is 11.8 Å². The maximum Gasteiger partial charge on any atom is 0.317 e. The minimum absolute atomic E-state index is 0.0273. The zero-order chi connectivity index (χ0) is 43.0. The van der Waals surface area contributed by atoms with Crippen LogP contribution in [0, 0.1) is 11.3 Å². The first-order chi connectivity index (χ1) is 28.3. The van der Waals surface area contributed by atoms with E-state index in [1.165, 1.54) is 12.3 Å². The standard InChI is InChI=1S/C40H60F2N10O7/c1-4-11-48(28-38(55)56)15-16-49(17-18-50(12-5-2)30-59-58)27-37(54)51-21-19-47(20-22-51)14-6-13-46(3)31-7-8-35-34(23-31)33(9-10-44-35)39(57)45-26-36(53)52-29-40(41,42)24-32(52)25-43/h7-10,23,32,58H,4-6,11-22,24,26-30H2,1-3H3,(H,45,57)(H,55,56). The van der Waals surface area contributed by atoms with Crippen LogP contribution in [0.5, 0.6) is 0 Å². The minimum atomic E-state index is -3.15. The molecular weight excluding hydrogens is 770 g/mol. The van der Waals surface area contributed by atoms with Gasteiger partial charge in [0.15, 0.2) is 0 Å². The van der Waals surface area contributed by atoms with Gasteiger partial charge in [-0.15, -0.1) is 0 Å². The van der Waals surface area contributed by atoms with Crippen molar-refractivity contribution in [3.8, 4) is 6.07 Å². The molecule has 0 saturated carbocycles. The molecule has 2 fully saturated rings. The fourth-order valence-electron chi connectivity index (χ4n) is 7.54. The Kier molecular flexibility index (Phi) is 18.6. The van der Waals surface area contributed by atoms with E-state index in [9.17, 15) is 38.3 Å². The number of carboxylic acids is 1. The van der Waals surface area contributed by atoms with E-state index in [2.05, 4.69) is 29.9 Å². The highest BCUT2D eigenvalue weighted by Crippen LogP contribution is 2.31. The van der Waals surface area contributed by atoms with Gasteiger partial charge < -0.3 is 25.1 Å². The van der Waals surface area contributed by atoms with Crippen molar-refractivity contribution >= 4 is 40.3 Å². The van der Waals surface area contributed by atoms with E-state index in [0.717, 1.165) is 56.0 Å². The van der Waals surface area contributed by atoms with Crippen molar-refractivity contribution in [3.63, 3.8) is 0 Å². The molecule has 2 aromatic rings. The molecule has 2 saturated heterocycles. The van der Waals surface area contributed by atoms with Gasteiger partial charge in [-0.2, -0.15) is 5.26 Å². The van der Waals surface area contributed by atoms with Crippen molar-refractivity contribution in [1.82, 2.24) is 39.7 Å². The lowest BCUT2D eigenvalue weighted by Crippen LogP contribution is -2.52. The number of nitrogens with zero attached hydrogens (tertiary/aromatic N) is 9. The van der Waals surface area contributed by atoms with Crippen LogP contribution in [0.2, 0.25) is 0 Å². The van der Waals surface area contributed by atoms with Crippen LogP contribution in [-0.2, 0) is 19.3 Å². The van der Waals surface area contributed by atoms with E-state index in [1.807, 2.05) is 53.8 Å². The lowest BCUT2D eigenvalue weighted by atomic mass is 10.1. The minimum Gasteiger partial charge on any atom is -0.480 e. The Morgan fingerprint density at radius 1 is 0.949 bits per heavy atom. The van der Waals surface area contributed by atoms with Crippen LogP contribution >= 0.6 is 0 Å². The molecule has 3 N–H and O–H groups in total. The summed E-state index contributed by atoms with van der Waals surface area (Å²) in [5, 5.41) is 30.7. The van der Waals surface area contributed by atoms with Gasteiger partial charge in [0, 0.05) is 96.2 Å². The molecule has 1 unspecified atom stereocenters. The van der Waals surface area contributed by atoms with Gasteiger partial charge in [-0.1, -0.05) is 13.8 Å². The van der Waals surface area contributed by atoms with Gasteiger partial charge in [0.1, 0.15) is 12.8 Å². The smallest absolute Gasteiger partial charge is 0.317 e. The lowest BCUT2D eigenvalue weighted by molar-refractivity contribution is -0.269. The quantitative estimate of drug-likeness (QED) is 0.0791. The number of aliphatic carboxylic acids is 1. The van der Waals surface area contributed by atoms with Crippen LogP contribution in [0.1, 0.15) is 49.9 Å². The number of hydrogen-bond donors (Lipinski definition) is 3. The van der Waals surface area contributed by atoms with Crippen molar-refractivity contribution in [1.29, 1.82) is 5.26 Å². The van der Waals surface area contributed by atoms with Gasteiger partial charge in [0.05, 0.1) is 43.3 Å². The van der Waals surface area contributed by atoms with E-state index in [-0.39, 0.29) is 31.3 Å². The van der Waals surface area contributed by atoms with Gasteiger partial charge in [-0.05, 0) is 56.6 Å². The third kappa shape index (κ3) is 14.6. The molecule has 3 heterocycles. The summed E-state index contributed by atoms with van der Waals surface area (Å²) in [5.74, 6) is -5.32. The van der Waals surface area contributed by atoms with Gasteiger partial charge in [-0.25, -0.2) is 13.7 Å². The first-order valence-electron chi connectivity index (χ1n) is 20.4. The van der Waals surface area contributed by atoms with Crippen LogP contribution in [0.25, 0.3) is 10.9 Å². The first-order valence-corrected chi connectivity index (χ1v) is 20.4. The second-order valence-electron chi connectivity index (χ2n) is 15.3. The van der Waals surface area contributed by atoms with Crippen molar-refractivity contribution in [2.24, 2.45) is 0 Å². The highest BCUT2D eigenvalue weighted by molar-refractivity contribution is 6.07. The number of aromatic nitrogens is 1. The number of alkyl halides is 2. The fraction of sp³-hybridized carbons (Fsp3) is 0.650. The third-order valence-corrected chi connectivity index (χ3v) is 10.7. The molecule has 3 amide bonds. The number of carbonyl (C=O) groups is 4. The number of rotatable bonds is 24. The molecule has 4 rings (SSSR count). The highest BCUT2D eigenvalue weighted by Gasteiger charge is 2.47. The lowest BCUT2D eigenvalue weighted by Gasteiger charge is -2.36. The fourth-order valence-corrected chi connectivity index (χ4v) is 7.54. The first kappa shape index (κ1) is 47.1. The number of benzene rings is 1. The Labute approximate surface area is 345 Å². The Bertz CT molecular complexity index is 1740. The third-order valence-electron chi connectivity index (χ3n) is 10.7. The summed E-state index contributed by atoms with van der Waals surface area (Å²) in [6.45, 7) is 10.7. The second-order valence-corrected chi connectivity index (χ2v) is 15.3. The molecular formula is C40H60F2N10O7. The number of pyridine rings is 1. The van der Waals surface area contributed by atoms with Gasteiger partial charge >= 0.3 is 5.97 Å².